The van der Waals surface area contributed by atoms with E-state index in [9.17, 15) is 14.7 Å². The van der Waals surface area contributed by atoms with Gasteiger partial charge in [0.25, 0.3) is 5.91 Å². The molecule has 2 aliphatic rings. The van der Waals surface area contributed by atoms with Crippen molar-refractivity contribution in [2.75, 3.05) is 6.61 Å². The number of carbonyl (C=O) groups excluding carboxylic acids is 2. The number of nitrogens with one attached hydrogen (secondary N) is 1. The Balaban J connectivity index is 1.63. The van der Waals surface area contributed by atoms with E-state index in [0.29, 0.717) is 24.2 Å². The molecule has 0 aromatic heterocycles. The molecular formula is C29H38N4O4. The van der Waals surface area contributed by atoms with Crippen LogP contribution in [0.15, 0.2) is 53.5 Å². The quantitative estimate of drug-likeness (QED) is 0.495. The summed E-state index contributed by atoms with van der Waals surface area (Å²) in [6, 6.07) is 13.7. The van der Waals surface area contributed by atoms with Crippen LogP contribution in [0.2, 0.25) is 0 Å². The van der Waals surface area contributed by atoms with Crippen LogP contribution < -0.4 is 15.8 Å². The molecule has 8 nitrogen and oxygen atoms in total. The predicted octanol–water partition coefficient (Wildman–Crippen LogP) is 4.25. The first-order chi connectivity index (χ1) is 17.6. The minimum atomic E-state index is -1.28. The largest absolute Gasteiger partial charge is 0.490 e. The Morgan fingerprint density at radius 3 is 2.62 bits per heavy atom. The van der Waals surface area contributed by atoms with Crippen LogP contribution in [0.1, 0.15) is 93.4 Å². The first-order valence-corrected chi connectivity index (χ1v) is 13.2. The van der Waals surface area contributed by atoms with Crippen LogP contribution in [0.4, 0.5) is 0 Å². The van der Waals surface area contributed by atoms with Gasteiger partial charge in [0.2, 0.25) is 5.91 Å². The molecule has 0 spiro atoms. The first kappa shape index (κ1) is 26.7. The lowest BCUT2D eigenvalue weighted by molar-refractivity contribution is -0.131. The van der Waals surface area contributed by atoms with Crippen molar-refractivity contribution in [3.63, 3.8) is 0 Å². The van der Waals surface area contributed by atoms with Crippen molar-refractivity contribution in [2.24, 2.45) is 10.7 Å². The van der Waals surface area contributed by atoms with Crippen LogP contribution in [-0.4, -0.2) is 45.5 Å². The monoisotopic (exact) mass is 506 g/mol. The van der Waals surface area contributed by atoms with E-state index in [0.717, 1.165) is 30.4 Å². The van der Waals surface area contributed by atoms with Gasteiger partial charge in [-0.2, -0.15) is 0 Å². The summed E-state index contributed by atoms with van der Waals surface area (Å²) in [6.07, 6.45) is 3.32. The van der Waals surface area contributed by atoms with Crippen molar-refractivity contribution in [1.82, 2.24) is 10.2 Å². The highest BCUT2D eigenvalue weighted by Gasteiger charge is 2.42. The smallest absolute Gasteiger partial charge is 0.251 e. The molecular weight excluding hydrogens is 468 g/mol. The molecule has 3 atom stereocenters. The van der Waals surface area contributed by atoms with E-state index in [4.69, 9.17) is 15.5 Å². The molecule has 2 aromatic carbocycles. The fourth-order valence-electron chi connectivity index (χ4n) is 5.37. The number of nitrogens with two attached hydrogens (primary N) is 1. The van der Waals surface area contributed by atoms with E-state index in [2.05, 4.69) is 12.2 Å². The number of nitrogens with zero attached hydrogens (tertiary/aromatic N) is 2. The average molecular weight is 507 g/mol. The number of para-hydroxylation sites is 1. The minimum Gasteiger partial charge on any atom is -0.490 e. The molecule has 0 saturated heterocycles. The van der Waals surface area contributed by atoms with Gasteiger partial charge in [0, 0.05) is 11.1 Å². The Bertz CT molecular complexity index is 1190. The maximum atomic E-state index is 13.4. The van der Waals surface area contributed by atoms with Gasteiger partial charge in [-0.05, 0) is 49.9 Å². The van der Waals surface area contributed by atoms with Crippen LogP contribution in [0, 0.1) is 0 Å². The van der Waals surface area contributed by atoms with Gasteiger partial charge in [-0.1, -0.05) is 57.5 Å². The molecule has 0 radical (unpaired) electrons. The van der Waals surface area contributed by atoms with Crippen LogP contribution >= 0.6 is 0 Å². The van der Waals surface area contributed by atoms with Gasteiger partial charge >= 0.3 is 0 Å². The number of ether oxygens (including phenoxy) is 1. The van der Waals surface area contributed by atoms with Gasteiger partial charge in [0.05, 0.1) is 24.0 Å². The third-order valence-electron chi connectivity index (χ3n) is 7.72. The topological polar surface area (TPSA) is 117 Å². The predicted molar refractivity (Wildman–Crippen MR) is 143 cm³/mol. The summed E-state index contributed by atoms with van der Waals surface area (Å²) in [6.45, 7) is 7.84. The van der Waals surface area contributed by atoms with Crippen molar-refractivity contribution in [1.29, 1.82) is 0 Å². The van der Waals surface area contributed by atoms with Crippen molar-refractivity contribution >= 4 is 17.8 Å². The number of benzene rings is 2. The van der Waals surface area contributed by atoms with Crippen molar-refractivity contribution in [3.8, 4) is 5.75 Å². The van der Waals surface area contributed by atoms with Gasteiger partial charge < -0.3 is 20.9 Å². The van der Waals surface area contributed by atoms with Gasteiger partial charge in [-0.25, -0.2) is 4.99 Å². The number of aliphatic hydroxyl groups is 1. The Morgan fingerprint density at radius 1 is 1.22 bits per heavy atom. The fourth-order valence-corrected chi connectivity index (χ4v) is 5.37. The molecule has 37 heavy (non-hydrogen) atoms. The highest BCUT2D eigenvalue weighted by molar-refractivity contribution is 6.00. The Labute approximate surface area is 218 Å². The molecule has 0 fully saturated rings. The molecule has 2 aromatic rings. The number of fused-ring (bicyclic) bond motifs is 1. The zero-order valence-electron chi connectivity index (χ0n) is 22.2. The van der Waals surface area contributed by atoms with E-state index in [1.54, 1.807) is 24.0 Å². The second kappa shape index (κ2) is 10.5. The molecule has 4 rings (SSSR count). The summed E-state index contributed by atoms with van der Waals surface area (Å²) in [4.78, 5) is 33.1. The van der Waals surface area contributed by atoms with E-state index < -0.39 is 17.2 Å². The average Bonchev–Trinajstić information content (AvgIpc) is 2.89. The van der Waals surface area contributed by atoms with Gasteiger partial charge in [-0.15, -0.1) is 0 Å². The molecule has 2 aliphatic heterocycles. The molecule has 8 heteroatoms. The van der Waals surface area contributed by atoms with Gasteiger partial charge in [0.1, 0.15) is 18.0 Å². The summed E-state index contributed by atoms with van der Waals surface area (Å²) < 4.78 is 5.69. The Morgan fingerprint density at radius 2 is 1.95 bits per heavy atom. The second-order valence-electron chi connectivity index (χ2n) is 10.4. The second-order valence-corrected chi connectivity index (χ2v) is 10.4. The molecule has 0 saturated carbocycles. The normalized spacial score (nSPS) is 23.5. The number of rotatable bonds is 8. The lowest BCUT2D eigenvalue weighted by atomic mass is 9.87. The number of hydrogen-bond acceptors (Lipinski definition) is 6. The van der Waals surface area contributed by atoms with Crippen LogP contribution in [0.3, 0.4) is 0 Å². The summed E-state index contributed by atoms with van der Waals surface area (Å²) >= 11 is 0. The lowest BCUT2D eigenvalue weighted by Gasteiger charge is -2.40. The molecule has 198 valence electrons. The maximum Gasteiger partial charge on any atom is 0.251 e. The summed E-state index contributed by atoms with van der Waals surface area (Å²) in [7, 11) is 0. The Hall–Kier alpha value is -3.39. The molecule has 4 N–H and O–H groups in total. The maximum absolute atomic E-state index is 13.4. The standard InChI is InChI=1S/C29H38N4O4/c1-5-11-22(33-24(34)17-29(6-2,7-3)32-27(33)30)19-12-10-13-20(16-19)26(35)31-25-21-14-8-9-15-23(21)37-18-28(25,4)36/h8-10,12-16,22,25,36H,5-7,11,17-18H2,1-4H3,(H2,30,32)(H,31,35)/t22?,25-,28-/m1/s1. The number of carbonyl (C=O) groups is 2. The minimum absolute atomic E-state index is 0.0423. The number of amides is 2. The van der Waals surface area contributed by atoms with Crippen LogP contribution in [-0.2, 0) is 4.79 Å². The summed E-state index contributed by atoms with van der Waals surface area (Å²) in [5.74, 6) is 0.522. The van der Waals surface area contributed by atoms with E-state index >= 15 is 0 Å². The lowest BCUT2D eigenvalue weighted by Crippen LogP contribution is -2.52. The number of aliphatic imine (C=N–C) groups is 1. The van der Waals surface area contributed by atoms with E-state index in [-0.39, 0.29) is 30.4 Å². The number of guanidine groups is 1. The fraction of sp³-hybridized carbons (Fsp3) is 0.483. The van der Waals surface area contributed by atoms with Crippen LogP contribution in [0.5, 0.6) is 5.75 Å². The first-order valence-electron chi connectivity index (χ1n) is 13.2. The molecule has 0 bridgehead atoms. The SMILES string of the molecule is CCCC(c1cccc(C(=O)N[C@@H]2c3ccccc3OC[C@@]2(C)O)c1)N1C(=O)CC(CC)(CC)N=C1N. The van der Waals surface area contributed by atoms with Gasteiger partial charge in [-0.3, -0.25) is 14.5 Å². The molecule has 2 amide bonds. The molecule has 1 unspecified atom stereocenters. The zero-order chi connectivity index (χ0) is 26.8. The Kier molecular flexibility index (Phi) is 7.59. The molecule has 0 aliphatic carbocycles. The van der Waals surface area contributed by atoms with Gasteiger partial charge in [0.15, 0.2) is 5.96 Å². The van der Waals surface area contributed by atoms with Crippen molar-refractivity contribution in [2.45, 2.75) is 83.0 Å². The van der Waals surface area contributed by atoms with E-state index in [1.165, 1.54) is 0 Å². The van der Waals surface area contributed by atoms with Crippen molar-refractivity contribution < 1.29 is 19.4 Å². The third kappa shape index (κ3) is 5.21. The zero-order valence-corrected chi connectivity index (χ0v) is 22.2. The van der Waals surface area contributed by atoms with Crippen LogP contribution in [0.25, 0.3) is 0 Å². The third-order valence-corrected chi connectivity index (χ3v) is 7.72. The number of hydrogen-bond donors (Lipinski definition) is 3. The molecule has 2 heterocycles. The summed E-state index contributed by atoms with van der Waals surface area (Å²) in [5.41, 5.74) is 6.66. The summed E-state index contributed by atoms with van der Waals surface area (Å²) in [5, 5.41) is 14.0. The highest BCUT2D eigenvalue weighted by atomic mass is 16.5. The van der Waals surface area contributed by atoms with E-state index in [1.807, 2.05) is 50.2 Å². The van der Waals surface area contributed by atoms with Crippen molar-refractivity contribution in [3.05, 3.63) is 65.2 Å². The highest BCUT2D eigenvalue weighted by Crippen LogP contribution is 2.38.